The first-order valence-corrected chi connectivity index (χ1v) is 4.40. The van der Waals surface area contributed by atoms with E-state index in [1.165, 1.54) is 6.92 Å². The molecule has 1 N–H and O–H groups in total. The second-order valence-electron chi connectivity index (χ2n) is 3.32. The number of ether oxygens (including phenoxy) is 1. The highest BCUT2D eigenvalue weighted by Crippen LogP contribution is 2.28. The summed E-state index contributed by atoms with van der Waals surface area (Å²) in [6, 6.07) is 3.37. The number of benzene rings is 1. The van der Waals surface area contributed by atoms with Crippen LogP contribution in [0.2, 0.25) is 0 Å². The first-order valence-electron chi connectivity index (χ1n) is 4.40. The fourth-order valence-corrected chi connectivity index (χ4v) is 1.33. The van der Waals surface area contributed by atoms with E-state index in [0.717, 1.165) is 5.56 Å². The van der Waals surface area contributed by atoms with Crippen LogP contribution < -0.4 is 4.74 Å². The van der Waals surface area contributed by atoms with Crippen molar-refractivity contribution in [3.63, 3.8) is 0 Å². The van der Waals surface area contributed by atoms with Crippen molar-refractivity contribution in [3.8, 4) is 11.5 Å². The van der Waals surface area contributed by atoms with Crippen LogP contribution in [0, 0.1) is 6.92 Å². The number of methoxy groups -OCH3 is 1. The fraction of sp³-hybridized carbons (Fsp3) is 0.364. The Morgan fingerprint density at radius 2 is 2.14 bits per heavy atom. The van der Waals surface area contributed by atoms with Crippen molar-refractivity contribution in [1.29, 1.82) is 0 Å². The van der Waals surface area contributed by atoms with Gasteiger partial charge in [-0.15, -0.1) is 0 Å². The summed E-state index contributed by atoms with van der Waals surface area (Å²) < 4.78 is 5.08. The molecule has 0 spiro atoms. The van der Waals surface area contributed by atoms with Crippen LogP contribution in [0.4, 0.5) is 0 Å². The van der Waals surface area contributed by atoms with E-state index in [1.54, 1.807) is 26.2 Å². The van der Waals surface area contributed by atoms with E-state index in [0.29, 0.717) is 17.7 Å². The van der Waals surface area contributed by atoms with Gasteiger partial charge in [-0.1, -0.05) is 0 Å². The van der Waals surface area contributed by atoms with Crippen molar-refractivity contribution < 1.29 is 14.6 Å². The van der Waals surface area contributed by atoms with Crippen LogP contribution in [0.1, 0.15) is 18.1 Å². The molecule has 0 fully saturated rings. The van der Waals surface area contributed by atoms with Gasteiger partial charge in [0.2, 0.25) is 0 Å². The van der Waals surface area contributed by atoms with Crippen LogP contribution in [-0.4, -0.2) is 18.0 Å². The molecule has 1 aromatic carbocycles. The summed E-state index contributed by atoms with van der Waals surface area (Å²) in [5.74, 6) is 0.845. The number of hydrogen-bond acceptors (Lipinski definition) is 3. The molecule has 0 aliphatic rings. The molecule has 3 nitrogen and oxygen atoms in total. The SMILES string of the molecule is COc1cc(CC(C)=O)cc(O)c1C. The van der Waals surface area contributed by atoms with E-state index in [-0.39, 0.29) is 11.5 Å². The van der Waals surface area contributed by atoms with Crippen molar-refractivity contribution in [2.45, 2.75) is 20.3 Å². The van der Waals surface area contributed by atoms with Crippen LogP contribution in [-0.2, 0) is 11.2 Å². The summed E-state index contributed by atoms with van der Waals surface area (Å²) in [4.78, 5) is 10.9. The Kier molecular flexibility index (Phi) is 3.12. The lowest BCUT2D eigenvalue weighted by atomic mass is 10.1. The van der Waals surface area contributed by atoms with Crippen LogP contribution in [0.25, 0.3) is 0 Å². The zero-order valence-corrected chi connectivity index (χ0v) is 8.63. The Morgan fingerprint density at radius 3 is 2.64 bits per heavy atom. The standard InChI is InChI=1S/C11H14O3/c1-7(12)4-9-5-10(13)8(2)11(6-9)14-3/h5-6,13H,4H2,1-3H3. The van der Waals surface area contributed by atoms with Crippen LogP contribution in [0.3, 0.4) is 0 Å². The zero-order valence-electron chi connectivity index (χ0n) is 8.63. The summed E-state index contributed by atoms with van der Waals surface area (Å²) >= 11 is 0. The van der Waals surface area contributed by atoms with Crippen molar-refractivity contribution >= 4 is 5.78 Å². The molecule has 14 heavy (non-hydrogen) atoms. The third-order valence-electron chi connectivity index (χ3n) is 2.07. The van der Waals surface area contributed by atoms with Gasteiger partial charge in [-0.2, -0.15) is 0 Å². The van der Waals surface area contributed by atoms with E-state index in [1.807, 2.05) is 0 Å². The Labute approximate surface area is 83.3 Å². The summed E-state index contributed by atoms with van der Waals surface area (Å²) in [6.07, 6.45) is 0.324. The monoisotopic (exact) mass is 194 g/mol. The van der Waals surface area contributed by atoms with Crippen molar-refractivity contribution in [3.05, 3.63) is 23.3 Å². The maximum absolute atomic E-state index is 10.9. The third-order valence-corrected chi connectivity index (χ3v) is 2.07. The van der Waals surface area contributed by atoms with E-state index in [9.17, 15) is 9.90 Å². The second-order valence-corrected chi connectivity index (χ2v) is 3.32. The summed E-state index contributed by atoms with van der Waals surface area (Å²) in [5.41, 5.74) is 1.47. The van der Waals surface area contributed by atoms with Crippen molar-refractivity contribution in [1.82, 2.24) is 0 Å². The number of ketones is 1. The molecule has 0 aromatic heterocycles. The maximum atomic E-state index is 10.9. The average molecular weight is 194 g/mol. The minimum absolute atomic E-state index is 0.0651. The normalized spacial score (nSPS) is 9.93. The van der Waals surface area contributed by atoms with Gasteiger partial charge in [0.05, 0.1) is 7.11 Å². The molecule has 1 aromatic rings. The first-order chi connectivity index (χ1) is 6.54. The number of hydrogen-bond donors (Lipinski definition) is 1. The molecule has 0 saturated heterocycles. The third kappa shape index (κ3) is 2.25. The minimum atomic E-state index is 0.0651. The van der Waals surface area contributed by atoms with Gasteiger partial charge in [0.25, 0.3) is 0 Å². The molecule has 0 aliphatic carbocycles. The van der Waals surface area contributed by atoms with Crippen LogP contribution in [0.5, 0.6) is 11.5 Å². The lowest BCUT2D eigenvalue weighted by Crippen LogP contribution is -1.98. The number of carbonyl (C=O) groups excluding carboxylic acids is 1. The molecule has 0 amide bonds. The van der Waals surface area contributed by atoms with Gasteiger partial charge in [0, 0.05) is 12.0 Å². The molecule has 0 atom stereocenters. The van der Waals surface area contributed by atoms with Gasteiger partial charge >= 0.3 is 0 Å². The number of aromatic hydroxyl groups is 1. The largest absolute Gasteiger partial charge is 0.508 e. The first kappa shape index (κ1) is 10.6. The summed E-state index contributed by atoms with van der Waals surface area (Å²) in [5, 5.41) is 9.53. The zero-order chi connectivity index (χ0) is 10.7. The molecule has 3 heteroatoms. The average Bonchev–Trinajstić information content (AvgIpc) is 2.10. The molecule has 0 radical (unpaired) electrons. The van der Waals surface area contributed by atoms with E-state index in [4.69, 9.17) is 4.74 Å². The molecule has 0 saturated carbocycles. The Balaban J connectivity index is 3.09. The molecule has 0 unspecified atom stereocenters. The highest BCUT2D eigenvalue weighted by atomic mass is 16.5. The number of phenolic OH excluding ortho intramolecular Hbond substituents is 1. The lowest BCUT2D eigenvalue weighted by Gasteiger charge is -2.08. The summed E-state index contributed by atoms with van der Waals surface area (Å²) in [6.45, 7) is 3.29. The number of Topliss-reactive ketones (excluding diaryl/α,β-unsaturated/α-hetero) is 1. The van der Waals surface area contributed by atoms with E-state index < -0.39 is 0 Å². The van der Waals surface area contributed by atoms with Crippen molar-refractivity contribution in [2.75, 3.05) is 7.11 Å². The van der Waals surface area contributed by atoms with E-state index in [2.05, 4.69) is 0 Å². The minimum Gasteiger partial charge on any atom is -0.508 e. The van der Waals surface area contributed by atoms with E-state index >= 15 is 0 Å². The van der Waals surface area contributed by atoms with Crippen molar-refractivity contribution in [2.24, 2.45) is 0 Å². The Hall–Kier alpha value is -1.51. The number of phenols is 1. The van der Waals surface area contributed by atoms with Crippen LogP contribution >= 0.6 is 0 Å². The fourth-order valence-electron chi connectivity index (χ4n) is 1.33. The van der Waals surface area contributed by atoms with Gasteiger partial charge in [-0.3, -0.25) is 4.79 Å². The molecular formula is C11H14O3. The molecular weight excluding hydrogens is 180 g/mol. The highest BCUT2D eigenvalue weighted by Gasteiger charge is 2.07. The lowest BCUT2D eigenvalue weighted by molar-refractivity contribution is -0.116. The Bertz CT molecular complexity index is 356. The Morgan fingerprint density at radius 1 is 1.50 bits per heavy atom. The molecule has 0 bridgehead atoms. The molecule has 76 valence electrons. The van der Waals surface area contributed by atoms with Gasteiger partial charge in [-0.05, 0) is 31.5 Å². The van der Waals surface area contributed by atoms with Crippen LogP contribution in [0.15, 0.2) is 12.1 Å². The quantitative estimate of drug-likeness (QED) is 0.798. The number of carbonyl (C=O) groups is 1. The number of rotatable bonds is 3. The van der Waals surface area contributed by atoms with Gasteiger partial charge in [-0.25, -0.2) is 0 Å². The molecule has 0 heterocycles. The maximum Gasteiger partial charge on any atom is 0.134 e. The molecule has 1 rings (SSSR count). The topological polar surface area (TPSA) is 46.5 Å². The highest BCUT2D eigenvalue weighted by molar-refractivity contribution is 5.78. The van der Waals surface area contributed by atoms with Gasteiger partial charge in [0.1, 0.15) is 17.3 Å². The van der Waals surface area contributed by atoms with Gasteiger partial charge in [0.15, 0.2) is 0 Å². The predicted molar refractivity (Wildman–Crippen MR) is 53.8 cm³/mol. The molecule has 0 aliphatic heterocycles. The predicted octanol–water partition coefficient (Wildman–Crippen LogP) is 1.84. The smallest absolute Gasteiger partial charge is 0.134 e. The van der Waals surface area contributed by atoms with Gasteiger partial charge < -0.3 is 9.84 Å². The second kappa shape index (κ2) is 4.13. The summed E-state index contributed by atoms with van der Waals surface area (Å²) in [7, 11) is 1.54.